The molecule has 0 fully saturated rings. The summed E-state index contributed by atoms with van der Waals surface area (Å²) in [5, 5.41) is 14.1. The van der Waals surface area contributed by atoms with E-state index < -0.39 is 0 Å². The van der Waals surface area contributed by atoms with Crippen molar-refractivity contribution < 1.29 is 14.3 Å². The Labute approximate surface area is 180 Å². The standard InChI is InChI=1S/C19H17ClN4O3S2/c1-2-27-13-9-7-12(8-10-13)21-16(25)11-28-19-24-23-18(29-19)22-17(26)14-5-3-4-6-15(14)20/h3-10H,2,11H2,1H3,(H,21,25)(H,22,23,26). The third-order valence-corrected chi connectivity index (χ3v) is 5.82. The average Bonchev–Trinajstić information content (AvgIpc) is 3.16. The van der Waals surface area contributed by atoms with Crippen molar-refractivity contribution >= 4 is 57.3 Å². The van der Waals surface area contributed by atoms with Gasteiger partial charge >= 0.3 is 0 Å². The van der Waals surface area contributed by atoms with Crippen molar-refractivity contribution in [1.82, 2.24) is 10.2 Å². The summed E-state index contributed by atoms with van der Waals surface area (Å²) >= 11 is 8.44. The Morgan fingerprint density at radius 1 is 1.10 bits per heavy atom. The average molecular weight is 449 g/mol. The Kier molecular flexibility index (Phi) is 7.45. The summed E-state index contributed by atoms with van der Waals surface area (Å²) in [6.45, 7) is 2.50. The number of thioether (sulfide) groups is 1. The van der Waals surface area contributed by atoms with Crippen molar-refractivity contribution in [2.45, 2.75) is 11.3 Å². The molecule has 3 aromatic rings. The molecule has 2 amide bonds. The Morgan fingerprint density at radius 2 is 1.86 bits per heavy atom. The molecule has 0 spiro atoms. The molecule has 0 aliphatic carbocycles. The smallest absolute Gasteiger partial charge is 0.259 e. The van der Waals surface area contributed by atoms with Crippen LogP contribution in [0.4, 0.5) is 10.8 Å². The molecule has 0 atom stereocenters. The highest BCUT2D eigenvalue weighted by Crippen LogP contribution is 2.26. The van der Waals surface area contributed by atoms with Gasteiger partial charge in [0, 0.05) is 5.69 Å². The van der Waals surface area contributed by atoms with E-state index in [0.717, 1.165) is 5.75 Å². The Hall–Kier alpha value is -2.62. The second-order valence-corrected chi connectivity index (χ2v) is 8.21. The van der Waals surface area contributed by atoms with Gasteiger partial charge in [-0.2, -0.15) is 0 Å². The summed E-state index contributed by atoms with van der Waals surface area (Å²) in [5.74, 6) is 0.382. The molecular formula is C19H17ClN4O3S2. The number of halogens is 1. The lowest BCUT2D eigenvalue weighted by Crippen LogP contribution is -2.13. The molecule has 0 radical (unpaired) electrons. The van der Waals surface area contributed by atoms with E-state index >= 15 is 0 Å². The summed E-state index contributed by atoms with van der Waals surface area (Å²) in [4.78, 5) is 24.4. The molecule has 1 heterocycles. The minimum Gasteiger partial charge on any atom is -0.494 e. The fraction of sp³-hybridized carbons (Fsp3) is 0.158. The second kappa shape index (κ2) is 10.2. The first kappa shape index (κ1) is 21.1. The molecule has 0 aliphatic heterocycles. The zero-order chi connectivity index (χ0) is 20.6. The lowest BCUT2D eigenvalue weighted by molar-refractivity contribution is -0.113. The van der Waals surface area contributed by atoms with Gasteiger partial charge in [-0.15, -0.1) is 10.2 Å². The van der Waals surface area contributed by atoms with Crippen LogP contribution in [-0.4, -0.2) is 34.4 Å². The van der Waals surface area contributed by atoms with Gasteiger partial charge in [-0.25, -0.2) is 0 Å². The van der Waals surface area contributed by atoms with E-state index in [-0.39, 0.29) is 17.6 Å². The molecule has 10 heteroatoms. The SMILES string of the molecule is CCOc1ccc(NC(=O)CSc2nnc(NC(=O)c3ccccc3Cl)s2)cc1. The zero-order valence-electron chi connectivity index (χ0n) is 15.3. The first-order valence-corrected chi connectivity index (χ1v) is 10.8. The van der Waals surface area contributed by atoms with Crippen LogP contribution >= 0.6 is 34.7 Å². The maximum atomic E-state index is 12.2. The molecule has 2 aromatic carbocycles. The van der Waals surface area contributed by atoms with Crippen LogP contribution in [-0.2, 0) is 4.79 Å². The molecule has 7 nitrogen and oxygen atoms in total. The number of carbonyl (C=O) groups excluding carboxylic acids is 2. The van der Waals surface area contributed by atoms with Crippen molar-refractivity contribution in [3.8, 4) is 5.75 Å². The summed E-state index contributed by atoms with van der Waals surface area (Å²) in [6, 6.07) is 13.9. The van der Waals surface area contributed by atoms with Gasteiger partial charge in [-0.3, -0.25) is 14.9 Å². The highest BCUT2D eigenvalue weighted by Gasteiger charge is 2.14. The molecule has 0 saturated carbocycles. The molecule has 0 unspecified atom stereocenters. The van der Waals surface area contributed by atoms with Gasteiger partial charge in [0.1, 0.15) is 5.75 Å². The number of amides is 2. The van der Waals surface area contributed by atoms with Crippen LogP contribution in [0.5, 0.6) is 5.75 Å². The van der Waals surface area contributed by atoms with E-state index in [9.17, 15) is 9.59 Å². The molecule has 0 bridgehead atoms. The molecule has 29 heavy (non-hydrogen) atoms. The molecule has 0 aliphatic rings. The molecule has 3 rings (SSSR count). The van der Waals surface area contributed by atoms with Crippen LogP contribution in [0.25, 0.3) is 0 Å². The largest absolute Gasteiger partial charge is 0.494 e. The first-order chi connectivity index (χ1) is 14.0. The van der Waals surface area contributed by atoms with Crippen molar-refractivity contribution in [1.29, 1.82) is 0 Å². The summed E-state index contributed by atoms with van der Waals surface area (Å²) < 4.78 is 5.94. The summed E-state index contributed by atoms with van der Waals surface area (Å²) in [5.41, 5.74) is 1.04. The number of ether oxygens (including phenoxy) is 1. The minimum atomic E-state index is -0.364. The molecular weight excluding hydrogens is 432 g/mol. The number of anilines is 2. The minimum absolute atomic E-state index is 0.167. The van der Waals surface area contributed by atoms with Gasteiger partial charge in [0.2, 0.25) is 11.0 Å². The number of nitrogens with zero attached hydrogens (tertiary/aromatic N) is 2. The molecule has 1 aromatic heterocycles. The predicted molar refractivity (Wildman–Crippen MR) is 116 cm³/mol. The maximum Gasteiger partial charge on any atom is 0.259 e. The van der Waals surface area contributed by atoms with Crippen molar-refractivity contribution in [3.05, 3.63) is 59.1 Å². The summed E-state index contributed by atoms with van der Waals surface area (Å²) in [7, 11) is 0. The number of rotatable bonds is 8. The third kappa shape index (κ3) is 6.18. The van der Waals surface area contributed by atoms with Crippen molar-refractivity contribution in [3.63, 3.8) is 0 Å². The highest BCUT2D eigenvalue weighted by atomic mass is 35.5. The van der Waals surface area contributed by atoms with Crippen LogP contribution in [0.15, 0.2) is 52.9 Å². The van der Waals surface area contributed by atoms with Crippen molar-refractivity contribution in [2.24, 2.45) is 0 Å². The van der Waals surface area contributed by atoms with E-state index in [4.69, 9.17) is 16.3 Å². The summed E-state index contributed by atoms with van der Waals surface area (Å²) in [6.07, 6.45) is 0. The molecule has 150 valence electrons. The number of carbonyl (C=O) groups is 2. The van der Waals surface area contributed by atoms with Gasteiger partial charge in [0.15, 0.2) is 4.34 Å². The van der Waals surface area contributed by atoms with Gasteiger partial charge in [-0.1, -0.05) is 46.8 Å². The first-order valence-electron chi connectivity index (χ1n) is 8.60. The Balaban J connectivity index is 1.49. The van der Waals surface area contributed by atoms with E-state index in [0.29, 0.717) is 32.4 Å². The lowest BCUT2D eigenvalue weighted by atomic mass is 10.2. The van der Waals surface area contributed by atoms with Crippen molar-refractivity contribution in [2.75, 3.05) is 23.0 Å². The monoisotopic (exact) mass is 448 g/mol. The van der Waals surface area contributed by atoms with Gasteiger partial charge in [0.25, 0.3) is 5.91 Å². The number of hydrogen-bond donors (Lipinski definition) is 2. The van der Waals surface area contributed by atoms with Crippen LogP contribution in [0, 0.1) is 0 Å². The molecule has 2 N–H and O–H groups in total. The number of hydrogen-bond acceptors (Lipinski definition) is 7. The maximum absolute atomic E-state index is 12.2. The highest BCUT2D eigenvalue weighted by molar-refractivity contribution is 8.01. The quantitative estimate of drug-likeness (QED) is 0.387. The van der Waals surface area contributed by atoms with Crippen LogP contribution in [0.1, 0.15) is 17.3 Å². The van der Waals surface area contributed by atoms with Crippen LogP contribution in [0.2, 0.25) is 5.02 Å². The Bertz CT molecular complexity index is 995. The topological polar surface area (TPSA) is 93.2 Å². The number of benzene rings is 2. The number of nitrogens with one attached hydrogen (secondary N) is 2. The van der Waals surface area contributed by atoms with E-state index in [2.05, 4.69) is 20.8 Å². The predicted octanol–water partition coefficient (Wildman–Crippen LogP) is 4.57. The Morgan fingerprint density at radius 3 is 2.59 bits per heavy atom. The fourth-order valence-electron chi connectivity index (χ4n) is 2.25. The van der Waals surface area contributed by atoms with E-state index in [1.165, 1.54) is 23.1 Å². The van der Waals surface area contributed by atoms with Crippen LogP contribution < -0.4 is 15.4 Å². The van der Waals surface area contributed by atoms with E-state index in [1.807, 2.05) is 6.92 Å². The molecule has 0 saturated heterocycles. The number of aromatic nitrogens is 2. The zero-order valence-corrected chi connectivity index (χ0v) is 17.7. The fourth-order valence-corrected chi connectivity index (χ4v) is 4.02. The van der Waals surface area contributed by atoms with E-state index in [1.54, 1.807) is 48.5 Å². The second-order valence-electron chi connectivity index (χ2n) is 5.60. The van der Waals surface area contributed by atoms with Crippen LogP contribution in [0.3, 0.4) is 0 Å². The lowest BCUT2D eigenvalue weighted by Gasteiger charge is -2.06. The third-order valence-electron chi connectivity index (χ3n) is 3.52. The van der Waals surface area contributed by atoms with Gasteiger partial charge in [-0.05, 0) is 43.3 Å². The van der Waals surface area contributed by atoms with Gasteiger partial charge < -0.3 is 10.1 Å². The normalized spacial score (nSPS) is 10.4. The van der Waals surface area contributed by atoms with Gasteiger partial charge in [0.05, 0.1) is 22.9 Å².